The van der Waals surface area contributed by atoms with E-state index in [1.807, 2.05) is 6.92 Å². The summed E-state index contributed by atoms with van der Waals surface area (Å²) < 4.78 is 0. The van der Waals surface area contributed by atoms with Crippen molar-refractivity contribution in [3.8, 4) is 12.3 Å². The highest BCUT2D eigenvalue weighted by atomic mass is 13.9. The quantitative estimate of drug-likeness (QED) is 0.261. The lowest BCUT2D eigenvalue weighted by molar-refractivity contribution is 1.39. The minimum Gasteiger partial charge on any atom is -0.120 e. The van der Waals surface area contributed by atoms with Crippen molar-refractivity contribution in [3.05, 3.63) is 119 Å². The average molecular weight is 401 g/mol. The molecule has 0 aliphatic heterocycles. The summed E-state index contributed by atoms with van der Waals surface area (Å²) in [5.74, 6) is 2.25. The van der Waals surface area contributed by atoms with E-state index in [1.54, 1.807) is 13.0 Å². The molecule has 0 bridgehead atoms. The summed E-state index contributed by atoms with van der Waals surface area (Å²) in [6.07, 6.45) is 6.35. The first-order chi connectivity index (χ1) is 14.2. The van der Waals surface area contributed by atoms with Crippen LogP contribution in [0.25, 0.3) is 0 Å². The Morgan fingerprint density at radius 3 is 0.800 bits per heavy atom. The fraction of sp³-hybridized carbons (Fsp3) is 0.267. The Kier molecular flexibility index (Phi) is 18.7. The fourth-order valence-corrected chi connectivity index (χ4v) is 2.42. The van der Waals surface area contributed by atoms with E-state index in [-0.39, 0.29) is 0 Å². The maximum atomic E-state index is 4.60. The first kappa shape index (κ1) is 29.2. The summed E-state index contributed by atoms with van der Waals surface area (Å²) in [7, 11) is 0. The van der Waals surface area contributed by atoms with Crippen LogP contribution in [0.5, 0.6) is 0 Å². The third-order valence-electron chi connectivity index (χ3n) is 3.52. The SMILES string of the molecule is C#CC.C=CC.Cc1cccc(C)c1.Cc1cccc(C)c1.Cc1cccc(C)c1. The molecular weight excluding hydrogens is 360 g/mol. The number of terminal acetylenes is 1. The smallest absolute Gasteiger partial charge is 0.00297 e. The Bertz CT molecular complexity index is 708. The molecule has 0 aliphatic rings. The lowest BCUT2D eigenvalue weighted by Gasteiger charge is -1.90. The molecule has 3 rings (SSSR count). The highest BCUT2D eigenvalue weighted by Crippen LogP contribution is 2.01. The van der Waals surface area contributed by atoms with E-state index >= 15 is 0 Å². The predicted molar refractivity (Wildman–Crippen MR) is 138 cm³/mol. The third kappa shape index (κ3) is 19.7. The number of hydrogen-bond donors (Lipinski definition) is 0. The molecule has 0 N–H and O–H groups in total. The Balaban J connectivity index is 0. The minimum absolute atomic E-state index is 1.34. The van der Waals surface area contributed by atoms with Crippen LogP contribution in [0.4, 0.5) is 0 Å². The van der Waals surface area contributed by atoms with Crippen LogP contribution in [-0.4, -0.2) is 0 Å². The highest BCUT2D eigenvalue weighted by Gasteiger charge is 1.82. The number of allylic oxidation sites excluding steroid dienone is 1. The maximum Gasteiger partial charge on any atom is -0.00297 e. The van der Waals surface area contributed by atoms with E-state index in [0.717, 1.165) is 0 Å². The molecule has 3 aromatic rings. The fourth-order valence-electron chi connectivity index (χ4n) is 2.42. The van der Waals surface area contributed by atoms with Crippen LogP contribution in [0, 0.1) is 53.9 Å². The van der Waals surface area contributed by atoms with Gasteiger partial charge in [0.25, 0.3) is 0 Å². The van der Waals surface area contributed by atoms with Crippen molar-refractivity contribution in [1.29, 1.82) is 0 Å². The maximum absolute atomic E-state index is 4.60. The van der Waals surface area contributed by atoms with Crippen LogP contribution in [0.1, 0.15) is 47.2 Å². The van der Waals surface area contributed by atoms with E-state index in [9.17, 15) is 0 Å². The lowest BCUT2D eigenvalue weighted by atomic mass is 10.2. The first-order valence-corrected chi connectivity index (χ1v) is 10.2. The van der Waals surface area contributed by atoms with Crippen LogP contribution < -0.4 is 0 Å². The van der Waals surface area contributed by atoms with E-state index < -0.39 is 0 Å². The van der Waals surface area contributed by atoms with Crippen molar-refractivity contribution in [2.45, 2.75) is 55.4 Å². The van der Waals surface area contributed by atoms with Gasteiger partial charge in [-0.1, -0.05) is 112 Å². The van der Waals surface area contributed by atoms with E-state index in [4.69, 9.17) is 0 Å². The van der Waals surface area contributed by atoms with E-state index in [2.05, 4.69) is 133 Å². The average Bonchev–Trinajstić information content (AvgIpc) is 2.63. The topological polar surface area (TPSA) is 0 Å². The Morgan fingerprint density at radius 1 is 0.600 bits per heavy atom. The Labute approximate surface area is 186 Å². The molecule has 0 spiro atoms. The van der Waals surface area contributed by atoms with Crippen LogP contribution in [0.15, 0.2) is 85.5 Å². The van der Waals surface area contributed by atoms with Gasteiger partial charge in [-0.05, 0) is 55.4 Å². The van der Waals surface area contributed by atoms with Gasteiger partial charge in [0.05, 0.1) is 0 Å². The van der Waals surface area contributed by atoms with Gasteiger partial charge in [-0.2, -0.15) is 0 Å². The van der Waals surface area contributed by atoms with Crippen LogP contribution in [0.2, 0.25) is 0 Å². The number of rotatable bonds is 0. The van der Waals surface area contributed by atoms with Gasteiger partial charge in [0.1, 0.15) is 0 Å². The molecule has 0 amide bonds. The second kappa shape index (κ2) is 19.3. The molecule has 160 valence electrons. The van der Waals surface area contributed by atoms with Crippen molar-refractivity contribution in [1.82, 2.24) is 0 Å². The zero-order valence-corrected chi connectivity index (χ0v) is 20.3. The molecule has 0 heteroatoms. The van der Waals surface area contributed by atoms with Gasteiger partial charge in [-0.25, -0.2) is 0 Å². The monoisotopic (exact) mass is 400 g/mol. The minimum atomic E-state index is 1.34. The highest BCUT2D eigenvalue weighted by molar-refractivity contribution is 5.21. The predicted octanol–water partition coefficient (Wildman–Crippen LogP) is 8.74. The summed E-state index contributed by atoms with van der Waals surface area (Å²) in [6, 6.07) is 25.3. The third-order valence-corrected chi connectivity index (χ3v) is 3.52. The van der Waals surface area contributed by atoms with Gasteiger partial charge in [0.15, 0.2) is 0 Å². The molecule has 0 aromatic heterocycles. The largest absolute Gasteiger partial charge is 0.120 e. The normalized spacial score (nSPS) is 8.10. The zero-order valence-electron chi connectivity index (χ0n) is 20.3. The molecule has 0 radical (unpaired) electrons. The number of hydrogen-bond acceptors (Lipinski definition) is 0. The van der Waals surface area contributed by atoms with Crippen LogP contribution in [-0.2, 0) is 0 Å². The van der Waals surface area contributed by atoms with Gasteiger partial charge in [-0.15, -0.1) is 18.9 Å². The van der Waals surface area contributed by atoms with Gasteiger partial charge in [0, 0.05) is 0 Å². The molecular formula is C30H40. The van der Waals surface area contributed by atoms with Crippen LogP contribution in [0.3, 0.4) is 0 Å². The summed E-state index contributed by atoms with van der Waals surface area (Å²) in [4.78, 5) is 0. The first-order valence-electron chi connectivity index (χ1n) is 10.2. The zero-order chi connectivity index (χ0) is 23.4. The van der Waals surface area contributed by atoms with Gasteiger partial charge >= 0.3 is 0 Å². The molecule has 0 atom stereocenters. The van der Waals surface area contributed by atoms with Crippen molar-refractivity contribution in [2.24, 2.45) is 0 Å². The Morgan fingerprint density at radius 2 is 0.733 bits per heavy atom. The van der Waals surface area contributed by atoms with Gasteiger partial charge in [-0.3, -0.25) is 0 Å². The van der Waals surface area contributed by atoms with Crippen molar-refractivity contribution in [2.75, 3.05) is 0 Å². The van der Waals surface area contributed by atoms with Crippen molar-refractivity contribution < 1.29 is 0 Å². The van der Waals surface area contributed by atoms with E-state index in [1.165, 1.54) is 33.4 Å². The summed E-state index contributed by atoms with van der Waals surface area (Å²) in [5.41, 5.74) is 8.03. The van der Waals surface area contributed by atoms with E-state index in [0.29, 0.717) is 0 Å². The second-order valence-electron chi connectivity index (χ2n) is 7.17. The molecule has 0 saturated carbocycles. The van der Waals surface area contributed by atoms with Gasteiger partial charge < -0.3 is 0 Å². The number of aryl methyl sites for hydroxylation is 6. The molecule has 0 aliphatic carbocycles. The molecule has 0 saturated heterocycles. The molecule has 0 nitrogen and oxygen atoms in total. The Hall–Kier alpha value is -3.04. The number of benzene rings is 3. The molecule has 30 heavy (non-hydrogen) atoms. The molecule has 3 aromatic carbocycles. The summed E-state index contributed by atoms with van der Waals surface area (Å²) >= 11 is 0. The van der Waals surface area contributed by atoms with Crippen molar-refractivity contribution >= 4 is 0 Å². The summed E-state index contributed by atoms with van der Waals surface area (Å²) in [5, 5.41) is 0. The molecule has 0 fully saturated rings. The van der Waals surface area contributed by atoms with Gasteiger partial charge in [0.2, 0.25) is 0 Å². The molecule has 0 unspecified atom stereocenters. The van der Waals surface area contributed by atoms with Crippen LogP contribution >= 0.6 is 0 Å². The standard InChI is InChI=1S/3C8H10.C3H6.C3H4/c3*1-7-4-3-5-8(2)6-7;2*1-3-2/h3*3-6H,1-2H3;3H,1H2,2H3;1H,2H3. The second-order valence-corrected chi connectivity index (χ2v) is 7.17. The lowest BCUT2D eigenvalue weighted by Crippen LogP contribution is -1.71. The molecule has 0 heterocycles. The summed E-state index contributed by atoms with van der Waals surface area (Å²) in [6.45, 7) is 19.5. The van der Waals surface area contributed by atoms with Crippen molar-refractivity contribution in [3.63, 3.8) is 0 Å².